The highest BCUT2D eigenvalue weighted by molar-refractivity contribution is 5.95. The van der Waals surface area contributed by atoms with Crippen molar-refractivity contribution in [3.05, 3.63) is 54.0 Å². The third kappa shape index (κ3) is 4.06. The molecule has 3 heterocycles. The van der Waals surface area contributed by atoms with Gasteiger partial charge in [-0.3, -0.25) is 4.98 Å². The normalized spacial score (nSPS) is 16.2. The molecule has 176 valence electrons. The SMILES string of the molecule is Cc1nnn(C)c1-c1cnc2c(-c3ccc(C(=O)O)cc3)cn(CC3CCC(F)(F)CC3)c2c1. The fourth-order valence-corrected chi connectivity index (χ4v) is 4.87. The Balaban J connectivity index is 1.59. The lowest BCUT2D eigenvalue weighted by atomic mass is 9.87. The van der Waals surface area contributed by atoms with E-state index in [2.05, 4.69) is 14.9 Å². The van der Waals surface area contributed by atoms with Gasteiger partial charge in [0, 0.05) is 50.0 Å². The third-order valence-electron chi connectivity index (χ3n) is 6.72. The molecule has 3 aromatic heterocycles. The number of benzene rings is 1. The van der Waals surface area contributed by atoms with Crippen LogP contribution in [0.15, 0.2) is 42.7 Å². The summed E-state index contributed by atoms with van der Waals surface area (Å²) in [6.45, 7) is 2.51. The number of hydrogen-bond acceptors (Lipinski definition) is 4. The van der Waals surface area contributed by atoms with E-state index >= 15 is 0 Å². The summed E-state index contributed by atoms with van der Waals surface area (Å²) in [7, 11) is 1.83. The molecule has 0 bridgehead atoms. The Bertz CT molecular complexity index is 1340. The van der Waals surface area contributed by atoms with Crippen LogP contribution in [0, 0.1) is 12.8 Å². The topological polar surface area (TPSA) is 85.8 Å². The zero-order valence-corrected chi connectivity index (χ0v) is 19.0. The second kappa shape index (κ2) is 8.30. The molecule has 9 heteroatoms. The molecular formula is C25H25F2N5O2. The van der Waals surface area contributed by atoms with E-state index in [9.17, 15) is 18.7 Å². The van der Waals surface area contributed by atoms with E-state index < -0.39 is 11.9 Å². The van der Waals surface area contributed by atoms with Crippen LogP contribution >= 0.6 is 0 Å². The molecule has 0 radical (unpaired) electrons. The maximum absolute atomic E-state index is 13.7. The first-order valence-corrected chi connectivity index (χ1v) is 11.3. The highest BCUT2D eigenvalue weighted by Crippen LogP contribution is 2.38. The van der Waals surface area contributed by atoms with Crippen molar-refractivity contribution in [2.75, 3.05) is 0 Å². The fourth-order valence-electron chi connectivity index (χ4n) is 4.87. The number of hydrogen-bond donors (Lipinski definition) is 1. The standard InChI is InChI=1S/C25H25F2N5O2/c1-15-23(31(2)30-29-15)19-11-21-22(28-12-19)20(17-3-5-18(6-4-17)24(33)34)14-32(21)13-16-7-9-25(26,27)10-8-16/h3-6,11-12,14,16H,7-10,13H2,1-2H3,(H,33,34). The lowest BCUT2D eigenvalue weighted by Gasteiger charge is -2.28. The summed E-state index contributed by atoms with van der Waals surface area (Å²) in [6.07, 6.45) is 4.58. The molecule has 1 aromatic carbocycles. The van der Waals surface area contributed by atoms with Crippen molar-refractivity contribution in [1.82, 2.24) is 24.5 Å². The lowest BCUT2D eigenvalue weighted by Crippen LogP contribution is -2.26. The first-order valence-electron chi connectivity index (χ1n) is 11.3. The average Bonchev–Trinajstić information content (AvgIpc) is 3.34. The molecule has 1 aliphatic rings. The van der Waals surface area contributed by atoms with Gasteiger partial charge < -0.3 is 9.67 Å². The van der Waals surface area contributed by atoms with E-state index in [-0.39, 0.29) is 24.3 Å². The minimum atomic E-state index is -2.56. The summed E-state index contributed by atoms with van der Waals surface area (Å²) in [4.78, 5) is 16.0. The quantitative estimate of drug-likeness (QED) is 0.431. The van der Waals surface area contributed by atoms with Crippen LogP contribution in [-0.4, -0.2) is 41.5 Å². The van der Waals surface area contributed by atoms with Gasteiger partial charge in [-0.25, -0.2) is 18.3 Å². The van der Waals surface area contributed by atoms with E-state index in [0.29, 0.717) is 19.4 Å². The van der Waals surface area contributed by atoms with Crippen LogP contribution in [0.3, 0.4) is 0 Å². The molecule has 1 aliphatic carbocycles. The lowest BCUT2D eigenvalue weighted by molar-refractivity contribution is -0.0472. The number of nitrogens with zero attached hydrogens (tertiary/aromatic N) is 5. The Hall–Kier alpha value is -3.62. The van der Waals surface area contributed by atoms with E-state index in [1.54, 1.807) is 35.1 Å². The number of aromatic carboxylic acids is 1. The van der Waals surface area contributed by atoms with Crippen LogP contribution in [0.25, 0.3) is 33.4 Å². The molecule has 0 atom stereocenters. The number of aryl methyl sites for hydroxylation is 2. The van der Waals surface area contributed by atoms with Crippen LogP contribution in [0.1, 0.15) is 41.7 Å². The van der Waals surface area contributed by atoms with E-state index in [0.717, 1.165) is 39.1 Å². The molecule has 1 fully saturated rings. The summed E-state index contributed by atoms with van der Waals surface area (Å²) in [5.41, 5.74) is 6.15. The zero-order valence-electron chi connectivity index (χ0n) is 19.0. The monoisotopic (exact) mass is 465 g/mol. The Labute approximate surface area is 195 Å². The molecule has 0 amide bonds. The maximum Gasteiger partial charge on any atom is 0.335 e. The first kappa shape index (κ1) is 22.2. The number of fused-ring (bicyclic) bond motifs is 1. The molecule has 0 saturated heterocycles. The van der Waals surface area contributed by atoms with Crippen LogP contribution in [0.4, 0.5) is 8.78 Å². The predicted molar refractivity (Wildman–Crippen MR) is 124 cm³/mol. The van der Waals surface area contributed by atoms with Crippen molar-refractivity contribution in [2.45, 2.75) is 45.1 Å². The molecule has 0 spiro atoms. The molecule has 0 aliphatic heterocycles. The minimum Gasteiger partial charge on any atom is -0.478 e. The fraction of sp³-hybridized carbons (Fsp3) is 0.360. The number of carboxylic acid groups (broad SMARTS) is 1. The van der Waals surface area contributed by atoms with Gasteiger partial charge in [0.05, 0.1) is 28.0 Å². The van der Waals surface area contributed by atoms with Crippen molar-refractivity contribution in [1.29, 1.82) is 0 Å². The highest BCUT2D eigenvalue weighted by Gasteiger charge is 2.35. The number of carboxylic acids is 1. The number of carbonyl (C=O) groups is 1. The van der Waals surface area contributed by atoms with Gasteiger partial charge in [0.15, 0.2) is 0 Å². The smallest absolute Gasteiger partial charge is 0.335 e. The van der Waals surface area contributed by atoms with Gasteiger partial charge >= 0.3 is 5.97 Å². The molecule has 4 aromatic rings. The van der Waals surface area contributed by atoms with Crippen molar-refractivity contribution < 1.29 is 18.7 Å². The Morgan fingerprint density at radius 1 is 1.18 bits per heavy atom. The number of halogens is 2. The van der Waals surface area contributed by atoms with Crippen molar-refractivity contribution in [3.63, 3.8) is 0 Å². The largest absolute Gasteiger partial charge is 0.478 e. The van der Waals surface area contributed by atoms with Gasteiger partial charge in [0.1, 0.15) is 0 Å². The van der Waals surface area contributed by atoms with Gasteiger partial charge in [0.25, 0.3) is 0 Å². The summed E-state index contributed by atoms with van der Waals surface area (Å²) < 4.78 is 31.2. The first-order chi connectivity index (χ1) is 16.2. The third-order valence-corrected chi connectivity index (χ3v) is 6.72. The zero-order chi connectivity index (χ0) is 24.0. The van der Waals surface area contributed by atoms with Crippen molar-refractivity contribution >= 4 is 17.0 Å². The van der Waals surface area contributed by atoms with Gasteiger partial charge in [-0.1, -0.05) is 17.3 Å². The molecule has 1 saturated carbocycles. The second-order valence-corrected chi connectivity index (χ2v) is 9.12. The molecule has 0 unspecified atom stereocenters. The van der Waals surface area contributed by atoms with Crippen LogP contribution in [0.2, 0.25) is 0 Å². The van der Waals surface area contributed by atoms with Crippen molar-refractivity contribution in [3.8, 4) is 22.4 Å². The molecule has 5 rings (SSSR count). The molecule has 34 heavy (non-hydrogen) atoms. The van der Waals surface area contributed by atoms with Crippen molar-refractivity contribution in [2.24, 2.45) is 13.0 Å². The molecule has 1 N–H and O–H groups in total. The Morgan fingerprint density at radius 2 is 1.88 bits per heavy atom. The van der Waals surface area contributed by atoms with Gasteiger partial charge in [0.2, 0.25) is 5.92 Å². The van der Waals surface area contributed by atoms with Crippen LogP contribution in [-0.2, 0) is 13.6 Å². The Kier molecular flexibility index (Phi) is 5.42. The summed E-state index contributed by atoms with van der Waals surface area (Å²) in [5.74, 6) is -3.39. The summed E-state index contributed by atoms with van der Waals surface area (Å²) in [5, 5.41) is 17.5. The average molecular weight is 466 g/mol. The number of pyridine rings is 1. The van der Waals surface area contributed by atoms with E-state index in [1.165, 1.54) is 0 Å². The Morgan fingerprint density at radius 3 is 2.50 bits per heavy atom. The summed E-state index contributed by atoms with van der Waals surface area (Å²) >= 11 is 0. The highest BCUT2D eigenvalue weighted by atomic mass is 19.3. The van der Waals surface area contributed by atoms with E-state index in [1.807, 2.05) is 26.2 Å². The maximum atomic E-state index is 13.7. The molecular weight excluding hydrogens is 440 g/mol. The predicted octanol–water partition coefficient (Wildman–Crippen LogP) is 5.33. The molecule has 7 nitrogen and oxygen atoms in total. The van der Waals surface area contributed by atoms with E-state index in [4.69, 9.17) is 4.98 Å². The van der Waals surface area contributed by atoms with Gasteiger partial charge in [-0.05, 0) is 49.4 Å². The number of aromatic nitrogens is 5. The minimum absolute atomic E-state index is 0.0796. The van der Waals surface area contributed by atoms with Crippen LogP contribution < -0.4 is 0 Å². The number of alkyl halides is 2. The van der Waals surface area contributed by atoms with Crippen LogP contribution in [0.5, 0.6) is 0 Å². The summed E-state index contributed by atoms with van der Waals surface area (Å²) in [6, 6.07) is 8.73. The number of rotatable bonds is 5. The van der Waals surface area contributed by atoms with Gasteiger partial charge in [-0.2, -0.15) is 0 Å². The second-order valence-electron chi connectivity index (χ2n) is 9.12. The van der Waals surface area contributed by atoms with Gasteiger partial charge in [-0.15, -0.1) is 5.10 Å².